The molecular weight excluding hydrogens is 204 g/mol. The molecule has 1 saturated carbocycles. The number of carbonyl (C=O) groups is 1. The van der Waals surface area contributed by atoms with Gasteiger partial charge in [0, 0.05) is 11.5 Å². The van der Waals surface area contributed by atoms with Crippen LogP contribution in [0.25, 0.3) is 0 Å². The Morgan fingerprint density at radius 2 is 2.06 bits per heavy atom. The molecule has 92 valence electrons. The molecule has 0 saturated heterocycles. The second-order valence-electron chi connectivity index (χ2n) is 5.81. The van der Waals surface area contributed by atoms with Gasteiger partial charge in [0.25, 0.3) is 0 Å². The van der Waals surface area contributed by atoms with Gasteiger partial charge < -0.3 is 9.47 Å². The first-order chi connectivity index (χ1) is 7.14. The highest BCUT2D eigenvalue weighted by molar-refractivity contribution is 5.87. The molecule has 1 aliphatic rings. The first-order valence-electron chi connectivity index (χ1n) is 5.67. The Morgan fingerprint density at radius 3 is 2.50 bits per heavy atom. The summed E-state index contributed by atoms with van der Waals surface area (Å²) in [4.78, 5) is 11.4. The molecule has 2 atom stereocenters. The Labute approximate surface area is 97.8 Å². The van der Waals surface area contributed by atoms with Gasteiger partial charge in [-0.05, 0) is 41.0 Å². The maximum absolute atomic E-state index is 11.4. The van der Waals surface area contributed by atoms with Crippen LogP contribution in [0, 0.1) is 5.92 Å². The largest absolute Gasteiger partial charge is 0.456 e. The molecule has 0 aliphatic heterocycles. The number of hydrogen-bond acceptors (Lipinski definition) is 3. The van der Waals surface area contributed by atoms with Gasteiger partial charge in [0.1, 0.15) is 5.60 Å². The fourth-order valence-electron chi connectivity index (χ4n) is 1.44. The molecule has 0 aromatic carbocycles. The molecule has 3 heteroatoms. The molecule has 0 N–H and O–H groups in total. The molecule has 1 rings (SSSR count). The van der Waals surface area contributed by atoms with Gasteiger partial charge in [-0.3, -0.25) is 0 Å². The molecule has 0 radical (unpaired) electrons. The third-order valence-corrected chi connectivity index (χ3v) is 2.75. The van der Waals surface area contributed by atoms with Crippen LogP contribution in [0.5, 0.6) is 0 Å². The van der Waals surface area contributed by atoms with Crippen molar-refractivity contribution in [2.45, 2.75) is 52.2 Å². The van der Waals surface area contributed by atoms with E-state index in [1.165, 1.54) is 0 Å². The number of carbonyl (C=O) groups excluding carboxylic acids is 1. The second kappa shape index (κ2) is 4.21. The topological polar surface area (TPSA) is 35.5 Å². The van der Waals surface area contributed by atoms with E-state index in [-0.39, 0.29) is 17.2 Å². The van der Waals surface area contributed by atoms with E-state index in [0.29, 0.717) is 18.1 Å². The fraction of sp³-hybridized carbons (Fsp3) is 0.769. The van der Waals surface area contributed by atoms with E-state index in [1.807, 2.05) is 27.7 Å². The molecule has 0 bridgehead atoms. The lowest BCUT2D eigenvalue weighted by molar-refractivity contribution is -0.146. The Hall–Kier alpha value is -0.830. The van der Waals surface area contributed by atoms with Crippen LogP contribution in [0.1, 0.15) is 41.0 Å². The van der Waals surface area contributed by atoms with Crippen molar-refractivity contribution in [1.29, 1.82) is 0 Å². The summed E-state index contributed by atoms with van der Waals surface area (Å²) < 4.78 is 11.0. The van der Waals surface area contributed by atoms with Gasteiger partial charge in [-0.25, -0.2) is 4.79 Å². The average molecular weight is 226 g/mol. The van der Waals surface area contributed by atoms with Gasteiger partial charge in [-0.2, -0.15) is 0 Å². The minimum absolute atomic E-state index is 0.137. The molecule has 16 heavy (non-hydrogen) atoms. The fourth-order valence-corrected chi connectivity index (χ4v) is 1.44. The summed E-state index contributed by atoms with van der Waals surface area (Å²) in [5.41, 5.74) is -0.0352. The predicted octanol–water partition coefficient (Wildman–Crippen LogP) is 2.70. The minimum atomic E-state index is -0.346. The normalized spacial score (nSPS) is 28.7. The maximum Gasteiger partial charge on any atom is 0.333 e. The van der Waals surface area contributed by atoms with Crippen molar-refractivity contribution in [1.82, 2.24) is 0 Å². The van der Waals surface area contributed by atoms with E-state index in [4.69, 9.17) is 9.47 Å². The average Bonchev–Trinajstić information content (AvgIpc) is 2.72. The van der Waals surface area contributed by atoms with Crippen molar-refractivity contribution in [2.75, 3.05) is 6.61 Å². The highest BCUT2D eigenvalue weighted by atomic mass is 16.6. The Bertz CT molecular complexity index is 301. The minimum Gasteiger partial charge on any atom is -0.456 e. The van der Waals surface area contributed by atoms with Gasteiger partial charge in [-0.15, -0.1) is 0 Å². The Kier molecular flexibility index (Phi) is 3.48. The number of ether oxygens (including phenoxy) is 2. The monoisotopic (exact) mass is 226 g/mol. The van der Waals surface area contributed by atoms with Crippen LogP contribution in [0.15, 0.2) is 12.2 Å². The van der Waals surface area contributed by atoms with Crippen LogP contribution in [0.3, 0.4) is 0 Å². The lowest BCUT2D eigenvalue weighted by Crippen LogP contribution is -2.24. The molecule has 1 aliphatic carbocycles. The summed E-state index contributed by atoms with van der Waals surface area (Å²) >= 11 is 0. The van der Waals surface area contributed by atoms with Crippen molar-refractivity contribution in [3.63, 3.8) is 0 Å². The van der Waals surface area contributed by atoms with Crippen molar-refractivity contribution >= 4 is 5.97 Å². The summed E-state index contributed by atoms with van der Waals surface area (Å²) in [5, 5.41) is 0. The van der Waals surface area contributed by atoms with Crippen LogP contribution in [-0.2, 0) is 14.3 Å². The van der Waals surface area contributed by atoms with Crippen molar-refractivity contribution in [3.05, 3.63) is 12.2 Å². The van der Waals surface area contributed by atoms with E-state index in [9.17, 15) is 4.79 Å². The summed E-state index contributed by atoms with van der Waals surface area (Å²) in [7, 11) is 0. The maximum atomic E-state index is 11.4. The summed E-state index contributed by atoms with van der Waals surface area (Å²) in [6.07, 6.45) is 0.877. The Balaban J connectivity index is 2.36. The zero-order valence-electron chi connectivity index (χ0n) is 10.9. The first-order valence-corrected chi connectivity index (χ1v) is 5.67. The van der Waals surface area contributed by atoms with Gasteiger partial charge in [0.15, 0.2) is 0 Å². The number of rotatable bonds is 4. The van der Waals surface area contributed by atoms with E-state index < -0.39 is 0 Å². The van der Waals surface area contributed by atoms with Gasteiger partial charge in [-0.1, -0.05) is 6.58 Å². The molecule has 0 aromatic rings. The molecule has 3 nitrogen and oxygen atoms in total. The molecule has 0 heterocycles. The Morgan fingerprint density at radius 1 is 1.50 bits per heavy atom. The van der Waals surface area contributed by atoms with E-state index in [2.05, 4.69) is 6.58 Å². The van der Waals surface area contributed by atoms with Crippen molar-refractivity contribution < 1.29 is 14.3 Å². The van der Waals surface area contributed by atoms with Crippen LogP contribution < -0.4 is 0 Å². The lowest BCUT2D eigenvalue weighted by Gasteiger charge is -2.20. The third-order valence-electron chi connectivity index (χ3n) is 2.75. The zero-order chi connectivity index (χ0) is 12.6. The summed E-state index contributed by atoms with van der Waals surface area (Å²) in [6, 6.07) is 0. The predicted molar refractivity (Wildman–Crippen MR) is 63.1 cm³/mol. The van der Waals surface area contributed by atoms with Crippen molar-refractivity contribution in [3.8, 4) is 0 Å². The van der Waals surface area contributed by atoms with Crippen LogP contribution in [-0.4, -0.2) is 23.8 Å². The molecular formula is C13H22O3. The molecule has 0 amide bonds. The van der Waals surface area contributed by atoms with Crippen LogP contribution in [0.4, 0.5) is 0 Å². The highest BCUT2D eigenvalue weighted by Gasteiger charge is 2.54. The summed E-state index contributed by atoms with van der Waals surface area (Å²) in [5.74, 6) is 0.00998. The standard InChI is InChI=1S/C13H22O3/c1-9(2)11(14)16-13(6)7-10(13)8-15-12(3,4)5/h10H,1,7-8H2,2-6H3. The van der Waals surface area contributed by atoms with Gasteiger partial charge in [0.05, 0.1) is 12.2 Å². The highest BCUT2D eigenvalue weighted by Crippen LogP contribution is 2.47. The van der Waals surface area contributed by atoms with Crippen LogP contribution >= 0.6 is 0 Å². The zero-order valence-corrected chi connectivity index (χ0v) is 10.9. The molecule has 0 spiro atoms. The van der Waals surface area contributed by atoms with Gasteiger partial charge in [0.2, 0.25) is 0 Å². The molecule has 2 unspecified atom stereocenters. The number of esters is 1. The molecule has 0 aromatic heterocycles. The van der Waals surface area contributed by atoms with Gasteiger partial charge >= 0.3 is 5.97 Å². The number of hydrogen-bond donors (Lipinski definition) is 0. The quantitative estimate of drug-likeness (QED) is 0.546. The lowest BCUT2D eigenvalue weighted by atomic mass is 10.2. The smallest absolute Gasteiger partial charge is 0.333 e. The third kappa shape index (κ3) is 3.63. The first kappa shape index (κ1) is 13.2. The van der Waals surface area contributed by atoms with E-state index in [1.54, 1.807) is 6.92 Å². The molecule has 1 fully saturated rings. The summed E-state index contributed by atoms with van der Waals surface area (Å²) in [6.45, 7) is 13.9. The van der Waals surface area contributed by atoms with Crippen LogP contribution in [0.2, 0.25) is 0 Å². The van der Waals surface area contributed by atoms with Crippen molar-refractivity contribution in [2.24, 2.45) is 5.92 Å². The van der Waals surface area contributed by atoms with E-state index >= 15 is 0 Å². The SMILES string of the molecule is C=C(C)C(=O)OC1(C)CC1COC(C)(C)C. The van der Waals surface area contributed by atoms with E-state index in [0.717, 1.165) is 6.42 Å². The second-order valence-corrected chi connectivity index (χ2v) is 5.81.